The van der Waals surface area contributed by atoms with Gasteiger partial charge in [0.25, 0.3) is 0 Å². The summed E-state index contributed by atoms with van der Waals surface area (Å²) >= 11 is 0. The first-order chi connectivity index (χ1) is 8.45. The summed E-state index contributed by atoms with van der Waals surface area (Å²) in [7, 11) is 0. The van der Waals surface area contributed by atoms with E-state index in [0.717, 1.165) is 23.5 Å². The molecule has 1 aromatic heterocycles. The van der Waals surface area contributed by atoms with Crippen molar-refractivity contribution < 1.29 is 0 Å². The lowest BCUT2D eigenvalue weighted by molar-refractivity contribution is 0.964. The molecule has 3 heteroatoms. The highest BCUT2D eigenvalue weighted by Crippen LogP contribution is 2.29. The van der Waals surface area contributed by atoms with E-state index in [-0.39, 0.29) is 0 Å². The summed E-state index contributed by atoms with van der Waals surface area (Å²) in [6, 6.07) is 4.07. The number of dihydropyridines is 1. The van der Waals surface area contributed by atoms with Gasteiger partial charge in [0.05, 0.1) is 5.70 Å². The van der Waals surface area contributed by atoms with E-state index in [9.17, 15) is 0 Å². The van der Waals surface area contributed by atoms with E-state index in [2.05, 4.69) is 33.5 Å². The van der Waals surface area contributed by atoms with Gasteiger partial charge in [0, 0.05) is 30.2 Å². The first kappa shape index (κ1) is 9.90. The molecular weight excluding hydrogens is 210 g/mol. The van der Waals surface area contributed by atoms with Crippen LogP contribution in [-0.2, 0) is 0 Å². The van der Waals surface area contributed by atoms with Gasteiger partial charge in [-0.1, -0.05) is 6.08 Å². The van der Waals surface area contributed by atoms with E-state index in [0.29, 0.717) is 0 Å². The van der Waals surface area contributed by atoms with Crippen molar-refractivity contribution in [1.29, 1.82) is 0 Å². The maximum absolute atomic E-state index is 4.40. The van der Waals surface area contributed by atoms with Crippen molar-refractivity contribution in [2.24, 2.45) is 4.99 Å². The standard InChI is InChI=1S/C14H13N3/c1-3-12(16-7-1)14(13-4-2-8-17-13)11-5-9-15-10-6-11/h1-9,15-16H,10H2. The van der Waals surface area contributed by atoms with E-state index in [1.807, 2.05) is 36.8 Å². The molecule has 0 aromatic carbocycles. The van der Waals surface area contributed by atoms with Gasteiger partial charge in [-0.25, -0.2) is 0 Å². The molecule has 0 atom stereocenters. The van der Waals surface area contributed by atoms with Gasteiger partial charge in [0.2, 0.25) is 0 Å². The number of aromatic amines is 1. The fraction of sp³-hybridized carbons (Fsp3) is 0.0714. The molecule has 3 rings (SSSR count). The smallest absolute Gasteiger partial charge is 0.0729 e. The van der Waals surface area contributed by atoms with E-state index in [1.54, 1.807) is 0 Å². The third-order valence-corrected chi connectivity index (χ3v) is 2.79. The van der Waals surface area contributed by atoms with Gasteiger partial charge in [-0.05, 0) is 42.1 Å². The summed E-state index contributed by atoms with van der Waals surface area (Å²) in [5.74, 6) is 0. The number of aliphatic imine (C=N–C) groups is 1. The molecular formula is C14H13N3. The second-order valence-corrected chi connectivity index (χ2v) is 3.88. The summed E-state index contributed by atoms with van der Waals surface area (Å²) in [5, 5.41) is 3.16. The Morgan fingerprint density at radius 1 is 1.29 bits per heavy atom. The van der Waals surface area contributed by atoms with Gasteiger partial charge in [-0.15, -0.1) is 0 Å². The zero-order valence-corrected chi connectivity index (χ0v) is 9.35. The van der Waals surface area contributed by atoms with Crippen LogP contribution >= 0.6 is 0 Å². The Hall–Kier alpha value is -2.29. The maximum atomic E-state index is 4.40. The molecule has 0 aliphatic carbocycles. The fourth-order valence-corrected chi connectivity index (χ4v) is 2.01. The predicted octanol–water partition coefficient (Wildman–Crippen LogP) is 2.41. The second-order valence-electron chi connectivity index (χ2n) is 3.88. The second kappa shape index (κ2) is 4.29. The fourth-order valence-electron chi connectivity index (χ4n) is 2.01. The molecule has 17 heavy (non-hydrogen) atoms. The lowest BCUT2D eigenvalue weighted by Gasteiger charge is -2.13. The van der Waals surface area contributed by atoms with E-state index >= 15 is 0 Å². The molecule has 0 fully saturated rings. The van der Waals surface area contributed by atoms with Crippen LogP contribution in [0.4, 0.5) is 0 Å². The molecule has 0 saturated heterocycles. The number of H-pyrrole nitrogens is 1. The first-order valence-electron chi connectivity index (χ1n) is 5.64. The number of aromatic nitrogens is 1. The summed E-state index contributed by atoms with van der Waals surface area (Å²) in [6.07, 6.45) is 14.0. The van der Waals surface area contributed by atoms with Gasteiger partial charge in [0.1, 0.15) is 0 Å². The van der Waals surface area contributed by atoms with Crippen LogP contribution in [-0.4, -0.2) is 17.7 Å². The average molecular weight is 223 g/mol. The summed E-state index contributed by atoms with van der Waals surface area (Å²) in [5.41, 5.74) is 4.45. The van der Waals surface area contributed by atoms with Gasteiger partial charge in [-0.3, -0.25) is 4.99 Å². The van der Waals surface area contributed by atoms with Crippen LogP contribution in [0.15, 0.2) is 65.1 Å². The average Bonchev–Trinajstić information content (AvgIpc) is 3.04. The highest BCUT2D eigenvalue weighted by molar-refractivity contribution is 5.89. The Balaban J connectivity index is 2.13. The van der Waals surface area contributed by atoms with Gasteiger partial charge in [0.15, 0.2) is 0 Å². The predicted molar refractivity (Wildman–Crippen MR) is 70.6 cm³/mol. The van der Waals surface area contributed by atoms with E-state index in [1.165, 1.54) is 5.57 Å². The topological polar surface area (TPSA) is 40.2 Å². The highest BCUT2D eigenvalue weighted by Gasteiger charge is 2.13. The van der Waals surface area contributed by atoms with Gasteiger partial charge in [-0.2, -0.15) is 0 Å². The molecule has 2 aliphatic rings. The molecule has 2 aliphatic heterocycles. The number of allylic oxidation sites excluding steroid dienone is 5. The van der Waals surface area contributed by atoms with Crippen molar-refractivity contribution in [3.63, 3.8) is 0 Å². The van der Waals surface area contributed by atoms with Crippen molar-refractivity contribution in [2.75, 3.05) is 6.54 Å². The van der Waals surface area contributed by atoms with Crippen LogP contribution < -0.4 is 5.32 Å². The summed E-state index contributed by atoms with van der Waals surface area (Å²) in [4.78, 5) is 7.65. The van der Waals surface area contributed by atoms with Crippen LogP contribution in [0.2, 0.25) is 0 Å². The zero-order valence-electron chi connectivity index (χ0n) is 9.35. The summed E-state index contributed by atoms with van der Waals surface area (Å²) < 4.78 is 0. The number of hydrogen-bond acceptors (Lipinski definition) is 2. The van der Waals surface area contributed by atoms with Crippen molar-refractivity contribution in [3.8, 4) is 0 Å². The molecule has 84 valence electrons. The summed E-state index contributed by atoms with van der Waals surface area (Å²) in [6.45, 7) is 0.858. The molecule has 3 nitrogen and oxygen atoms in total. The quantitative estimate of drug-likeness (QED) is 0.794. The molecule has 1 aromatic rings. The first-order valence-corrected chi connectivity index (χ1v) is 5.64. The minimum atomic E-state index is 0.858. The minimum absolute atomic E-state index is 0.858. The van der Waals surface area contributed by atoms with Crippen LogP contribution in [0, 0.1) is 0 Å². The maximum Gasteiger partial charge on any atom is 0.0729 e. The lowest BCUT2D eigenvalue weighted by Crippen LogP contribution is -2.09. The molecule has 3 heterocycles. The Kier molecular flexibility index (Phi) is 2.50. The molecule has 0 saturated carbocycles. The number of nitrogens with zero attached hydrogens (tertiary/aromatic N) is 1. The van der Waals surface area contributed by atoms with Crippen molar-refractivity contribution in [1.82, 2.24) is 10.3 Å². The normalized spacial score (nSPS) is 20.4. The Labute approximate surface area is 100.0 Å². The van der Waals surface area contributed by atoms with Crippen molar-refractivity contribution in [3.05, 3.63) is 65.8 Å². The van der Waals surface area contributed by atoms with E-state index in [4.69, 9.17) is 0 Å². The Bertz CT molecular complexity index is 540. The minimum Gasteiger partial charge on any atom is -0.387 e. The molecule has 0 amide bonds. The number of rotatable bonds is 2. The molecule has 0 radical (unpaired) electrons. The Morgan fingerprint density at radius 2 is 2.29 bits per heavy atom. The third kappa shape index (κ3) is 1.87. The largest absolute Gasteiger partial charge is 0.387 e. The van der Waals surface area contributed by atoms with Gasteiger partial charge < -0.3 is 10.3 Å². The van der Waals surface area contributed by atoms with Crippen LogP contribution in [0.3, 0.4) is 0 Å². The van der Waals surface area contributed by atoms with Crippen LogP contribution in [0.25, 0.3) is 5.57 Å². The third-order valence-electron chi connectivity index (χ3n) is 2.79. The SMILES string of the molecule is C1=CC(=C(C2=CCNC=C2)c2ccc[nH]2)N=C1. The Morgan fingerprint density at radius 3 is 2.94 bits per heavy atom. The molecule has 2 N–H and O–H groups in total. The van der Waals surface area contributed by atoms with Crippen molar-refractivity contribution >= 4 is 11.8 Å². The number of nitrogens with one attached hydrogen (secondary N) is 2. The van der Waals surface area contributed by atoms with Crippen LogP contribution in [0.1, 0.15) is 5.69 Å². The highest BCUT2D eigenvalue weighted by atomic mass is 14.8. The van der Waals surface area contributed by atoms with Crippen molar-refractivity contribution in [2.45, 2.75) is 0 Å². The lowest BCUT2D eigenvalue weighted by atomic mass is 9.99. The molecule has 0 spiro atoms. The van der Waals surface area contributed by atoms with Gasteiger partial charge >= 0.3 is 0 Å². The molecule has 0 unspecified atom stereocenters. The number of hydrogen-bond donors (Lipinski definition) is 2. The monoisotopic (exact) mass is 223 g/mol. The zero-order chi connectivity index (χ0) is 11.5. The van der Waals surface area contributed by atoms with E-state index < -0.39 is 0 Å². The molecule has 0 bridgehead atoms. The van der Waals surface area contributed by atoms with Crippen LogP contribution in [0.5, 0.6) is 0 Å².